The summed E-state index contributed by atoms with van der Waals surface area (Å²) in [6, 6.07) is 7.70. The predicted molar refractivity (Wildman–Crippen MR) is 136 cm³/mol. The highest BCUT2D eigenvalue weighted by atomic mass is 35.5. The molecule has 0 aliphatic heterocycles. The summed E-state index contributed by atoms with van der Waals surface area (Å²) in [5, 5.41) is 12.1. The van der Waals surface area contributed by atoms with Gasteiger partial charge in [0.25, 0.3) is 0 Å². The van der Waals surface area contributed by atoms with Crippen LogP contribution in [-0.2, 0) is 23.9 Å². The van der Waals surface area contributed by atoms with Gasteiger partial charge in [-0.2, -0.15) is 13.2 Å². The van der Waals surface area contributed by atoms with Crippen LogP contribution in [0.25, 0.3) is 0 Å². The van der Waals surface area contributed by atoms with E-state index in [1.807, 2.05) is 0 Å². The summed E-state index contributed by atoms with van der Waals surface area (Å²) >= 11 is 19.0. The number of aryl methyl sites for hydroxylation is 1. The second kappa shape index (κ2) is 12.7. The molecule has 0 atom stereocenters. The van der Waals surface area contributed by atoms with E-state index in [2.05, 4.69) is 22.1 Å². The van der Waals surface area contributed by atoms with Gasteiger partial charge in [0.05, 0.1) is 33.7 Å². The maximum Gasteiger partial charge on any atom is 0.416 e. The second-order valence-electron chi connectivity index (χ2n) is 7.35. The molecule has 0 aliphatic rings. The molecule has 36 heavy (non-hydrogen) atoms. The number of alkyl halides is 3. The molecule has 0 aliphatic carbocycles. The Morgan fingerprint density at radius 1 is 1.14 bits per heavy atom. The minimum absolute atomic E-state index is 0.000525. The first-order chi connectivity index (χ1) is 17.1. The summed E-state index contributed by atoms with van der Waals surface area (Å²) in [4.78, 5) is 12.4. The third-order valence-corrected chi connectivity index (χ3v) is 6.53. The number of thioether (sulfide) groups is 1. The highest BCUT2D eigenvalue weighted by molar-refractivity contribution is 7.99. The van der Waals surface area contributed by atoms with Gasteiger partial charge in [0, 0.05) is 18.0 Å². The SMILES string of the molecule is C=CCn1c(CCCOc2ccc(Cl)cc2Cl)nnc1SCC(=O)Nc1cc(C(F)(F)F)ccc1Cl. The van der Waals surface area contributed by atoms with E-state index in [0.29, 0.717) is 52.8 Å². The summed E-state index contributed by atoms with van der Waals surface area (Å²) in [6.45, 7) is 4.53. The zero-order chi connectivity index (χ0) is 26.3. The molecule has 1 N–H and O–H groups in total. The monoisotopic (exact) mass is 578 g/mol. The second-order valence-corrected chi connectivity index (χ2v) is 9.55. The number of nitrogens with one attached hydrogen (secondary N) is 1. The van der Waals surface area contributed by atoms with Crippen LogP contribution in [0, 0.1) is 0 Å². The number of rotatable bonds is 11. The minimum Gasteiger partial charge on any atom is -0.492 e. The van der Waals surface area contributed by atoms with E-state index in [4.69, 9.17) is 39.5 Å². The molecule has 3 aromatic rings. The van der Waals surface area contributed by atoms with Crippen molar-refractivity contribution >= 4 is 58.2 Å². The smallest absolute Gasteiger partial charge is 0.416 e. The van der Waals surface area contributed by atoms with Crippen molar-refractivity contribution in [2.24, 2.45) is 0 Å². The maximum atomic E-state index is 13.0. The molecule has 1 amide bonds. The number of aromatic nitrogens is 3. The molecule has 6 nitrogen and oxygen atoms in total. The molecule has 1 aromatic heterocycles. The van der Waals surface area contributed by atoms with E-state index in [1.54, 1.807) is 28.8 Å². The van der Waals surface area contributed by atoms with Crippen LogP contribution in [0.3, 0.4) is 0 Å². The van der Waals surface area contributed by atoms with Crippen LogP contribution >= 0.6 is 46.6 Å². The lowest BCUT2D eigenvalue weighted by atomic mass is 10.2. The zero-order valence-corrected chi connectivity index (χ0v) is 21.7. The lowest BCUT2D eigenvalue weighted by molar-refractivity contribution is -0.137. The lowest BCUT2D eigenvalue weighted by Gasteiger charge is -2.12. The van der Waals surface area contributed by atoms with Gasteiger partial charge in [-0.1, -0.05) is 52.6 Å². The van der Waals surface area contributed by atoms with Crippen molar-refractivity contribution in [3.8, 4) is 5.75 Å². The quantitative estimate of drug-likeness (QED) is 0.148. The van der Waals surface area contributed by atoms with E-state index in [9.17, 15) is 18.0 Å². The molecule has 3 rings (SSSR count). The predicted octanol–water partition coefficient (Wildman–Crippen LogP) is 7.19. The van der Waals surface area contributed by atoms with E-state index >= 15 is 0 Å². The van der Waals surface area contributed by atoms with Gasteiger partial charge in [-0.3, -0.25) is 4.79 Å². The molecule has 192 valence electrons. The van der Waals surface area contributed by atoms with Gasteiger partial charge in [0.2, 0.25) is 5.91 Å². The fraction of sp³-hybridized carbons (Fsp3) is 0.261. The third kappa shape index (κ3) is 7.80. The Morgan fingerprint density at radius 2 is 1.92 bits per heavy atom. The molecule has 0 fully saturated rings. The van der Waals surface area contributed by atoms with E-state index in [-0.39, 0.29) is 16.5 Å². The van der Waals surface area contributed by atoms with Crippen LogP contribution in [0.5, 0.6) is 5.75 Å². The highest BCUT2D eigenvalue weighted by Gasteiger charge is 2.31. The van der Waals surface area contributed by atoms with Crippen molar-refractivity contribution in [3.63, 3.8) is 0 Å². The van der Waals surface area contributed by atoms with Crippen molar-refractivity contribution < 1.29 is 22.7 Å². The van der Waals surface area contributed by atoms with Crippen molar-refractivity contribution in [1.82, 2.24) is 14.8 Å². The van der Waals surface area contributed by atoms with E-state index in [1.165, 1.54) is 0 Å². The number of anilines is 1. The van der Waals surface area contributed by atoms with Crippen LogP contribution in [-0.4, -0.2) is 33.0 Å². The van der Waals surface area contributed by atoms with Crippen LogP contribution in [0.4, 0.5) is 18.9 Å². The van der Waals surface area contributed by atoms with Crippen LogP contribution < -0.4 is 10.1 Å². The summed E-state index contributed by atoms with van der Waals surface area (Å²) in [5.41, 5.74) is -1.03. The first-order valence-corrected chi connectivity index (χ1v) is 12.6. The number of nitrogens with zero attached hydrogens (tertiary/aromatic N) is 3. The molecule has 2 aromatic carbocycles. The van der Waals surface area contributed by atoms with Gasteiger partial charge in [0.1, 0.15) is 11.6 Å². The standard InChI is InChI=1S/C23H20Cl3F3N4O2S/c1-2-9-33-20(4-3-10-35-19-8-6-15(24)12-17(19)26)31-32-22(33)36-13-21(34)30-18-11-14(23(27,28)29)5-7-16(18)25/h2,5-8,11-12H,1,3-4,9-10,13H2,(H,30,34). The van der Waals surface area contributed by atoms with Crippen molar-refractivity contribution in [3.05, 3.63) is 75.5 Å². The number of allylic oxidation sites excluding steroid dienone is 1. The van der Waals surface area contributed by atoms with Crippen molar-refractivity contribution in [2.75, 3.05) is 17.7 Å². The molecular weight excluding hydrogens is 560 g/mol. The number of carbonyl (C=O) groups is 1. The first kappa shape index (κ1) is 28.2. The summed E-state index contributed by atoms with van der Waals surface area (Å²) in [6.07, 6.45) is -1.72. The number of halogens is 6. The third-order valence-electron chi connectivity index (χ3n) is 4.70. The Balaban J connectivity index is 1.57. The van der Waals surface area contributed by atoms with Gasteiger partial charge in [-0.15, -0.1) is 16.8 Å². The Kier molecular flexibility index (Phi) is 9.95. The summed E-state index contributed by atoms with van der Waals surface area (Å²) < 4.78 is 46.3. The Morgan fingerprint density at radius 3 is 2.61 bits per heavy atom. The normalized spacial score (nSPS) is 11.4. The summed E-state index contributed by atoms with van der Waals surface area (Å²) in [5.74, 6) is 0.547. The largest absolute Gasteiger partial charge is 0.492 e. The van der Waals surface area contributed by atoms with Crippen LogP contribution in [0.15, 0.2) is 54.2 Å². The Hall–Kier alpha value is -2.40. The zero-order valence-electron chi connectivity index (χ0n) is 18.6. The average molecular weight is 580 g/mol. The van der Waals surface area contributed by atoms with Crippen molar-refractivity contribution in [1.29, 1.82) is 0 Å². The number of carbonyl (C=O) groups excluding carboxylic acids is 1. The van der Waals surface area contributed by atoms with Gasteiger partial charge in [0.15, 0.2) is 5.16 Å². The highest BCUT2D eigenvalue weighted by Crippen LogP contribution is 2.34. The van der Waals surface area contributed by atoms with Crippen LogP contribution in [0.2, 0.25) is 15.1 Å². The molecule has 0 saturated carbocycles. The van der Waals surface area contributed by atoms with Gasteiger partial charge >= 0.3 is 6.18 Å². The molecule has 1 heterocycles. The molecule has 0 radical (unpaired) electrons. The number of amides is 1. The number of hydrogen-bond donors (Lipinski definition) is 1. The number of ether oxygens (including phenoxy) is 1. The fourth-order valence-electron chi connectivity index (χ4n) is 3.04. The van der Waals surface area contributed by atoms with Gasteiger partial charge in [-0.05, 0) is 42.8 Å². The minimum atomic E-state index is -4.55. The number of hydrogen-bond acceptors (Lipinski definition) is 5. The Labute approximate surface area is 224 Å². The molecule has 0 spiro atoms. The van der Waals surface area contributed by atoms with Gasteiger partial charge < -0.3 is 14.6 Å². The molecule has 13 heteroatoms. The van der Waals surface area contributed by atoms with Crippen LogP contribution in [0.1, 0.15) is 17.8 Å². The molecule has 0 saturated heterocycles. The summed E-state index contributed by atoms with van der Waals surface area (Å²) in [7, 11) is 0. The number of benzene rings is 2. The molecule has 0 bridgehead atoms. The lowest BCUT2D eigenvalue weighted by Crippen LogP contribution is -2.16. The Bertz CT molecular complexity index is 1240. The molecule has 0 unspecified atom stereocenters. The fourth-order valence-corrected chi connectivity index (χ4v) is 4.44. The first-order valence-electron chi connectivity index (χ1n) is 10.5. The van der Waals surface area contributed by atoms with E-state index < -0.39 is 17.6 Å². The van der Waals surface area contributed by atoms with Crippen molar-refractivity contribution in [2.45, 2.75) is 30.7 Å². The topological polar surface area (TPSA) is 69.0 Å². The van der Waals surface area contributed by atoms with Gasteiger partial charge in [-0.25, -0.2) is 0 Å². The maximum absolute atomic E-state index is 13.0. The molecular formula is C23H20Cl3F3N4O2S. The average Bonchev–Trinajstić information content (AvgIpc) is 3.19. The van der Waals surface area contributed by atoms with E-state index in [0.717, 1.165) is 30.0 Å².